The zero-order valence-corrected chi connectivity index (χ0v) is 14.0. The number of carboxylic acids is 1. The summed E-state index contributed by atoms with van der Waals surface area (Å²) in [5, 5.41) is 15.4. The number of nitrogens with zero attached hydrogens (tertiary/aromatic N) is 4. The lowest BCUT2D eigenvalue weighted by Gasteiger charge is -2.36. The highest BCUT2D eigenvalue weighted by Gasteiger charge is 2.37. The molecule has 0 bridgehead atoms. The Morgan fingerprint density at radius 2 is 2.00 bits per heavy atom. The highest BCUT2D eigenvalue weighted by atomic mass is 32.1. The third-order valence-electron chi connectivity index (χ3n) is 3.66. The fraction of sp³-hybridized carbons (Fsp3) is 0.643. The van der Waals surface area contributed by atoms with Gasteiger partial charge in [0.05, 0.1) is 0 Å². The number of unbranched alkanes of at least 4 members (excludes halogenated alkanes) is 1. The summed E-state index contributed by atoms with van der Waals surface area (Å²) in [6.45, 7) is 3.72. The molecule has 24 heavy (non-hydrogen) atoms. The molecule has 0 radical (unpaired) electrons. The number of allylic oxidation sites excluding steroid dienone is 1. The summed E-state index contributed by atoms with van der Waals surface area (Å²) < 4.78 is 37.7. The summed E-state index contributed by atoms with van der Waals surface area (Å²) in [6, 6.07) is -0.709. The van der Waals surface area contributed by atoms with E-state index in [0.717, 1.165) is 12.8 Å². The molecular formula is C14H19F3N4O2S. The first-order valence-corrected chi connectivity index (χ1v) is 8.43. The topological polar surface area (TPSA) is 69.6 Å². The van der Waals surface area contributed by atoms with Gasteiger partial charge in [-0.15, -0.1) is 10.2 Å². The van der Waals surface area contributed by atoms with E-state index in [1.165, 1.54) is 0 Å². The number of rotatable bonds is 6. The third kappa shape index (κ3) is 4.67. The number of aromatic nitrogens is 2. The van der Waals surface area contributed by atoms with Crippen molar-refractivity contribution in [2.24, 2.45) is 0 Å². The Kier molecular flexibility index (Phi) is 6.16. The minimum atomic E-state index is -4.49. The van der Waals surface area contributed by atoms with Gasteiger partial charge < -0.3 is 10.0 Å². The number of carbonyl (C=O) groups is 1. The van der Waals surface area contributed by atoms with E-state index in [2.05, 4.69) is 10.2 Å². The lowest BCUT2D eigenvalue weighted by molar-refractivity contribution is -0.141. The van der Waals surface area contributed by atoms with Crippen LogP contribution in [0.1, 0.15) is 24.8 Å². The highest BCUT2D eigenvalue weighted by Crippen LogP contribution is 2.34. The number of alkyl halides is 3. The van der Waals surface area contributed by atoms with Crippen molar-refractivity contribution in [3.05, 3.63) is 17.2 Å². The Bertz CT molecular complexity index is 583. The van der Waals surface area contributed by atoms with Gasteiger partial charge in [0.1, 0.15) is 6.04 Å². The Labute approximate surface area is 141 Å². The molecule has 0 saturated carbocycles. The van der Waals surface area contributed by atoms with Crippen LogP contribution in [0.25, 0.3) is 0 Å². The summed E-state index contributed by atoms with van der Waals surface area (Å²) in [5.41, 5.74) is 0. The monoisotopic (exact) mass is 364 g/mol. The van der Waals surface area contributed by atoms with Crippen LogP contribution in [0, 0.1) is 0 Å². The molecule has 6 nitrogen and oxygen atoms in total. The van der Waals surface area contributed by atoms with Crippen molar-refractivity contribution < 1.29 is 23.1 Å². The Hall–Kier alpha value is -1.68. The molecule has 2 rings (SSSR count). The largest absolute Gasteiger partial charge is 0.480 e. The lowest BCUT2D eigenvalue weighted by Crippen LogP contribution is -2.52. The Morgan fingerprint density at radius 3 is 2.50 bits per heavy atom. The molecule has 0 unspecified atom stereocenters. The van der Waals surface area contributed by atoms with Gasteiger partial charge in [-0.3, -0.25) is 9.69 Å². The van der Waals surface area contributed by atoms with Gasteiger partial charge in [0, 0.05) is 26.2 Å². The zero-order valence-electron chi connectivity index (χ0n) is 13.2. The first-order chi connectivity index (χ1) is 11.3. The molecular weight excluding hydrogens is 345 g/mol. The predicted molar refractivity (Wildman–Crippen MR) is 84.2 cm³/mol. The second-order valence-electron chi connectivity index (χ2n) is 5.41. The smallest absolute Gasteiger partial charge is 0.445 e. The van der Waals surface area contributed by atoms with E-state index >= 15 is 0 Å². The number of hydrogen-bond acceptors (Lipinski definition) is 6. The maximum absolute atomic E-state index is 12.6. The molecule has 1 aromatic heterocycles. The van der Waals surface area contributed by atoms with Crippen molar-refractivity contribution in [1.82, 2.24) is 15.1 Å². The lowest BCUT2D eigenvalue weighted by atomic mass is 10.1. The Balaban J connectivity index is 1.97. The minimum absolute atomic E-state index is 0.218. The van der Waals surface area contributed by atoms with Crippen molar-refractivity contribution in [2.75, 3.05) is 31.1 Å². The summed E-state index contributed by atoms with van der Waals surface area (Å²) in [7, 11) is 0. The molecule has 1 atom stereocenters. The SMILES string of the molecule is CCC/C=C/[C@@H](C(=O)O)N1CCN(c2nnc(C(F)(F)F)s2)CC1. The summed E-state index contributed by atoms with van der Waals surface area (Å²) in [4.78, 5) is 14.9. The van der Waals surface area contributed by atoms with Crippen molar-refractivity contribution in [1.29, 1.82) is 0 Å². The average molecular weight is 364 g/mol. The predicted octanol–water partition coefficient (Wildman–Crippen LogP) is 2.49. The molecule has 0 spiro atoms. The number of carboxylic acid groups (broad SMARTS) is 1. The van der Waals surface area contributed by atoms with E-state index in [1.54, 1.807) is 15.9 Å². The molecule has 1 aliphatic heterocycles. The van der Waals surface area contributed by atoms with Gasteiger partial charge in [-0.1, -0.05) is 36.8 Å². The maximum atomic E-state index is 12.6. The first-order valence-electron chi connectivity index (χ1n) is 7.62. The minimum Gasteiger partial charge on any atom is -0.480 e. The van der Waals surface area contributed by atoms with Crippen LogP contribution in [-0.2, 0) is 11.0 Å². The summed E-state index contributed by atoms with van der Waals surface area (Å²) in [6.07, 6.45) is 0.792. The van der Waals surface area contributed by atoms with Crippen LogP contribution in [0.5, 0.6) is 0 Å². The van der Waals surface area contributed by atoms with E-state index in [0.29, 0.717) is 37.5 Å². The van der Waals surface area contributed by atoms with Crippen LogP contribution in [0.3, 0.4) is 0 Å². The number of hydrogen-bond donors (Lipinski definition) is 1. The molecule has 1 N–H and O–H groups in total. The van der Waals surface area contributed by atoms with Crippen molar-refractivity contribution in [3.8, 4) is 0 Å². The van der Waals surface area contributed by atoms with Crippen LogP contribution in [0.4, 0.5) is 18.3 Å². The average Bonchev–Trinajstić information content (AvgIpc) is 3.02. The standard InChI is InChI=1S/C14H19F3N4O2S/c1-2-3-4-5-10(11(22)23)20-6-8-21(9-7-20)13-19-18-12(24-13)14(15,16)17/h4-5,10H,2-3,6-9H2,1H3,(H,22,23)/b5-4+/t10-/m0/s1. The van der Waals surface area contributed by atoms with Crippen LogP contribution in [-0.4, -0.2) is 58.4 Å². The molecule has 2 heterocycles. The second-order valence-corrected chi connectivity index (χ2v) is 6.37. The number of piperazine rings is 1. The molecule has 1 fully saturated rings. The molecule has 1 aliphatic rings. The first kappa shape index (κ1) is 18.7. The molecule has 0 aliphatic carbocycles. The van der Waals surface area contributed by atoms with Gasteiger partial charge >= 0.3 is 12.1 Å². The van der Waals surface area contributed by atoms with E-state index in [1.807, 2.05) is 13.0 Å². The highest BCUT2D eigenvalue weighted by molar-refractivity contribution is 7.15. The van der Waals surface area contributed by atoms with Gasteiger partial charge in [0.25, 0.3) is 0 Å². The van der Waals surface area contributed by atoms with Gasteiger partial charge in [0.2, 0.25) is 10.1 Å². The van der Waals surface area contributed by atoms with E-state index in [4.69, 9.17) is 0 Å². The van der Waals surface area contributed by atoms with Crippen LogP contribution in [0.15, 0.2) is 12.2 Å². The summed E-state index contributed by atoms with van der Waals surface area (Å²) >= 11 is 0.509. The number of halogens is 3. The van der Waals surface area contributed by atoms with Gasteiger partial charge in [-0.2, -0.15) is 13.2 Å². The fourth-order valence-electron chi connectivity index (χ4n) is 2.40. The van der Waals surface area contributed by atoms with Crippen LogP contribution < -0.4 is 4.90 Å². The van der Waals surface area contributed by atoms with Crippen molar-refractivity contribution >= 4 is 22.4 Å². The maximum Gasteiger partial charge on any atom is 0.445 e. The van der Waals surface area contributed by atoms with Crippen LogP contribution >= 0.6 is 11.3 Å². The molecule has 1 saturated heterocycles. The molecule has 0 aromatic carbocycles. The summed E-state index contributed by atoms with van der Waals surface area (Å²) in [5.74, 6) is -0.925. The molecule has 1 aromatic rings. The van der Waals surface area contributed by atoms with E-state index in [-0.39, 0.29) is 5.13 Å². The second kappa shape index (κ2) is 7.93. The van der Waals surface area contributed by atoms with Gasteiger partial charge in [-0.25, -0.2) is 0 Å². The third-order valence-corrected chi connectivity index (χ3v) is 4.69. The van der Waals surface area contributed by atoms with Crippen LogP contribution in [0.2, 0.25) is 0 Å². The van der Waals surface area contributed by atoms with Crippen molar-refractivity contribution in [3.63, 3.8) is 0 Å². The molecule has 134 valence electrons. The van der Waals surface area contributed by atoms with E-state index < -0.39 is 23.2 Å². The van der Waals surface area contributed by atoms with Gasteiger partial charge in [0.15, 0.2) is 0 Å². The van der Waals surface area contributed by atoms with Crippen molar-refractivity contribution in [2.45, 2.75) is 32.0 Å². The number of anilines is 1. The Morgan fingerprint density at radius 1 is 1.33 bits per heavy atom. The molecule has 10 heteroatoms. The fourth-order valence-corrected chi connectivity index (χ4v) is 3.16. The number of aliphatic carboxylic acids is 1. The quantitative estimate of drug-likeness (QED) is 0.782. The zero-order chi connectivity index (χ0) is 17.7. The normalized spacial score (nSPS) is 18.2. The molecule has 0 amide bonds. The van der Waals surface area contributed by atoms with Gasteiger partial charge in [-0.05, 0) is 6.42 Å². The van der Waals surface area contributed by atoms with E-state index in [9.17, 15) is 23.1 Å².